The average molecular weight is 284 g/mol. The molecular weight excluding hydrogens is 268 g/mol. The van der Waals surface area contributed by atoms with Gasteiger partial charge in [0.25, 0.3) is 5.69 Å². The molecule has 2 rings (SSSR count). The van der Waals surface area contributed by atoms with Gasteiger partial charge in [-0.3, -0.25) is 10.1 Å². The van der Waals surface area contributed by atoms with Crippen LogP contribution in [0.3, 0.4) is 0 Å². The van der Waals surface area contributed by atoms with Gasteiger partial charge in [-0.15, -0.1) is 5.11 Å². The molecule has 0 N–H and O–H groups in total. The predicted molar refractivity (Wildman–Crippen MR) is 82.1 cm³/mol. The Hall–Kier alpha value is -2.76. The molecule has 0 fully saturated rings. The summed E-state index contributed by atoms with van der Waals surface area (Å²) >= 11 is 0. The van der Waals surface area contributed by atoms with Crippen LogP contribution in [-0.4, -0.2) is 19.0 Å². The molecule has 0 amide bonds. The predicted octanol–water partition coefficient (Wildman–Crippen LogP) is 3.94. The molecular formula is C15H16N4O2. The zero-order valence-corrected chi connectivity index (χ0v) is 11.9. The number of nitro benzene ring substituents is 1. The van der Waals surface area contributed by atoms with E-state index in [2.05, 4.69) is 10.2 Å². The Labute approximate surface area is 122 Å². The van der Waals surface area contributed by atoms with Crippen molar-refractivity contribution >= 4 is 17.1 Å². The highest BCUT2D eigenvalue weighted by molar-refractivity contribution is 5.56. The van der Waals surface area contributed by atoms with E-state index in [1.54, 1.807) is 18.2 Å². The first-order valence-corrected chi connectivity index (χ1v) is 6.45. The lowest BCUT2D eigenvalue weighted by Crippen LogP contribution is -2.08. The van der Waals surface area contributed by atoms with Crippen LogP contribution in [0, 0.1) is 10.1 Å². The summed E-state index contributed by atoms with van der Waals surface area (Å²) in [5.41, 5.74) is 2.34. The number of rotatable bonds is 5. The first-order valence-electron chi connectivity index (χ1n) is 6.45. The Morgan fingerprint density at radius 3 is 2.38 bits per heavy atom. The van der Waals surface area contributed by atoms with Crippen LogP contribution in [0.4, 0.5) is 17.1 Å². The van der Waals surface area contributed by atoms with Crippen LogP contribution in [0.25, 0.3) is 0 Å². The average Bonchev–Trinajstić information content (AvgIpc) is 2.48. The van der Waals surface area contributed by atoms with Crippen LogP contribution in [0.15, 0.2) is 58.8 Å². The Morgan fingerprint density at radius 2 is 1.76 bits per heavy atom. The topological polar surface area (TPSA) is 71.1 Å². The van der Waals surface area contributed by atoms with E-state index >= 15 is 0 Å². The second kappa shape index (κ2) is 6.60. The van der Waals surface area contributed by atoms with E-state index in [1.165, 1.54) is 6.07 Å². The first kappa shape index (κ1) is 14.6. The minimum absolute atomic E-state index is 0.0378. The number of nitro groups is 1. The molecule has 0 aliphatic heterocycles. The molecule has 2 aromatic carbocycles. The minimum atomic E-state index is -0.458. The van der Waals surface area contributed by atoms with Gasteiger partial charge in [-0.05, 0) is 23.8 Å². The van der Waals surface area contributed by atoms with Crippen molar-refractivity contribution in [1.29, 1.82) is 0 Å². The first-order chi connectivity index (χ1) is 10.1. The molecule has 0 aliphatic rings. The van der Waals surface area contributed by atoms with Crippen LogP contribution in [0.1, 0.15) is 5.56 Å². The van der Waals surface area contributed by atoms with Gasteiger partial charge in [-0.1, -0.05) is 24.3 Å². The summed E-state index contributed by atoms with van der Waals surface area (Å²) in [5, 5.41) is 18.8. The summed E-state index contributed by atoms with van der Waals surface area (Å²) in [5.74, 6) is 0. The molecule has 6 heteroatoms. The SMILES string of the molecule is CN(C)c1ccc(CN=Nc2ccccc2[N+](=O)[O-])cc1. The van der Waals surface area contributed by atoms with Crippen LogP contribution in [0.2, 0.25) is 0 Å². The van der Waals surface area contributed by atoms with E-state index in [4.69, 9.17) is 0 Å². The largest absolute Gasteiger partial charge is 0.378 e. The highest BCUT2D eigenvalue weighted by Gasteiger charge is 2.11. The Morgan fingerprint density at radius 1 is 1.10 bits per heavy atom. The lowest BCUT2D eigenvalue weighted by Gasteiger charge is -2.11. The van der Waals surface area contributed by atoms with E-state index in [0.717, 1.165) is 11.3 Å². The normalized spacial score (nSPS) is 10.8. The van der Waals surface area contributed by atoms with Gasteiger partial charge in [0, 0.05) is 25.8 Å². The standard InChI is InChI=1S/C15H16N4O2/c1-18(2)13-9-7-12(8-10-13)11-16-17-14-5-3-4-6-15(14)19(20)21/h3-10H,11H2,1-2H3. The van der Waals surface area contributed by atoms with Crippen molar-refractivity contribution in [2.75, 3.05) is 19.0 Å². The Balaban J connectivity index is 2.07. The van der Waals surface area contributed by atoms with E-state index in [-0.39, 0.29) is 11.4 Å². The zero-order valence-electron chi connectivity index (χ0n) is 11.9. The molecule has 0 heterocycles. The number of anilines is 1. The lowest BCUT2D eigenvalue weighted by atomic mass is 10.2. The van der Waals surface area contributed by atoms with Crippen LogP contribution < -0.4 is 4.90 Å². The summed E-state index contributed by atoms with van der Waals surface area (Å²) in [6, 6.07) is 14.2. The highest BCUT2D eigenvalue weighted by atomic mass is 16.6. The second-order valence-corrected chi connectivity index (χ2v) is 4.71. The third kappa shape index (κ3) is 3.85. The fraction of sp³-hybridized carbons (Fsp3) is 0.200. The number of hydrogen-bond donors (Lipinski definition) is 0. The third-order valence-corrected chi connectivity index (χ3v) is 2.96. The van der Waals surface area contributed by atoms with Gasteiger partial charge in [-0.25, -0.2) is 0 Å². The minimum Gasteiger partial charge on any atom is -0.378 e. The van der Waals surface area contributed by atoms with Crippen molar-refractivity contribution in [3.63, 3.8) is 0 Å². The van der Waals surface area contributed by atoms with Crippen molar-refractivity contribution in [3.8, 4) is 0 Å². The van der Waals surface area contributed by atoms with Gasteiger partial charge in [0.1, 0.15) is 0 Å². The number of hydrogen-bond acceptors (Lipinski definition) is 5. The Bertz CT molecular complexity index is 651. The van der Waals surface area contributed by atoms with Gasteiger partial charge < -0.3 is 4.90 Å². The summed E-state index contributed by atoms with van der Waals surface area (Å²) < 4.78 is 0. The molecule has 0 aliphatic carbocycles. The van der Waals surface area contributed by atoms with E-state index < -0.39 is 4.92 Å². The summed E-state index contributed by atoms with van der Waals surface area (Å²) in [4.78, 5) is 12.4. The lowest BCUT2D eigenvalue weighted by molar-refractivity contribution is -0.384. The molecule has 0 atom stereocenters. The Kier molecular flexibility index (Phi) is 4.61. The quantitative estimate of drug-likeness (QED) is 0.474. The molecule has 2 aromatic rings. The zero-order chi connectivity index (χ0) is 15.2. The third-order valence-electron chi connectivity index (χ3n) is 2.96. The molecule has 0 bridgehead atoms. The van der Waals surface area contributed by atoms with Crippen molar-refractivity contribution in [2.45, 2.75) is 6.54 Å². The highest BCUT2D eigenvalue weighted by Crippen LogP contribution is 2.26. The molecule has 6 nitrogen and oxygen atoms in total. The molecule has 0 aromatic heterocycles. The van der Waals surface area contributed by atoms with E-state index in [9.17, 15) is 10.1 Å². The van der Waals surface area contributed by atoms with Crippen molar-refractivity contribution in [2.24, 2.45) is 10.2 Å². The van der Waals surface area contributed by atoms with Gasteiger partial charge in [0.15, 0.2) is 5.69 Å². The summed E-state index contributed by atoms with van der Waals surface area (Å²) in [7, 11) is 3.95. The maximum atomic E-state index is 10.9. The molecule has 0 radical (unpaired) electrons. The number of nitrogens with zero attached hydrogens (tertiary/aromatic N) is 4. The van der Waals surface area contributed by atoms with Gasteiger partial charge in [-0.2, -0.15) is 5.11 Å². The monoisotopic (exact) mass is 284 g/mol. The van der Waals surface area contributed by atoms with Gasteiger partial charge in [0.2, 0.25) is 0 Å². The fourth-order valence-electron chi connectivity index (χ4n) is 1.80. The molecule has 21 heavy (non-hydrogen) atoms. The van der Waals surface area contributed by atoms with Gasteiger partial charge in [0.05, 0.1) is 11.5 Å². The number of azo groups is 1. The van der Waals surface area contributed by atoms with Crippen LogP contribution >= 0.6 is 0 Å². The second-order valence-electron chi connectivity index (χ2n) is 4.71. The number of para-hydroxylation sites is 1. The maximum Gasteiger partial charge on any atom is 0.296 e. The fourth-order valence-corrected chi connectivity index (χ4v) is 1.80. The van der Waals surface area contributed by atoms with Crippen molar-refractivity contribution < 1.29 is 4.92 Å². The molecule has 108 valence electrons. The molecule has 0 saturated heterocycles. The maximum absolute atomic E-state index is 10.9. The van der Waals surface area contributed by atoms with Crippen LogP contribution in [-0.2, 0) is 6.54 Å². The van der Waals surface area contributed by atoms with Crippen LogP contribution in [0.5, 0.6) is 0 Å². The van der Waals surface area contributed by atoms with Crippen molar-refractivity contribution in [3.05, 3.63) is 64.2 Å². The van der Waals surface area contributed by atoms with E-state index in [1.807, 2.05) is 43.3 Å². The number of benzene rings is 2. The van der Waals surface area contributed by atoms with E-state index in [0.29, 0.717) is 6.54 Å². The summed E-state index contributed by atoms with van der Waals surface area (Å²) in [6.45, 7) is 0.389. The van der Waals surface area contributed by atoms with Gasteiger partial charge >= 0.3 is 0 Å². The smallest absolute Gasteiger partial charge is 0.296 e. The van der Waals surface area contributed by atoms with Crippen molar-refractivity contribution in [1.82, 2.24) is 0 Å². The molecule has 0 spiro atoms. The summed E-state index contributed by atoms with van der Waals surface area (Å²) in [6.07, 6.45) is 0. The molecule has 0 saturated carbocycles. The molecule has 0 unspecified atom stereocenters.